The van der Waals surface area contributed by atoms with Gasteiger partial charge in [0, 0.05) is 23.3 Å². The Labute approximate surface area is 106 Å². The molecule has 1 aliphatic rings. The van der Waals surface area contributed by atoms with Crippen LogP contribution in [0.5, 0.6) is 0 Å². The van der Waals surface area contributed by atoms with Crippen LogP contribution in [0.4, 0.5) is 5.82 Å². The zero-order valence-electron chi connectivity index (χ0n) is 10.5. The Morgan fingerprint density at radius 2 is 2.29 bits per heavy atom. The van der Waals surface area contributed by atoms with Crippen molar-refractivity contribution in [1.82, 2.24) is 9.97 Å². The van der Waals surface area contributed by atoms with Gasteiger partial charge < -0.3 is 10.3 Å². The molecule has 0 amide bonds. The fourth-order valence-electron chi connectivity index (χ4n) is 1.49. The third-order valence-electron chi connectivity index (χ3n) is 2.97. The third kappa shape index (κ3) is 3.49. The van der Waals surface area contributed by atoms with E-state index in [2.05, 4.69) is 35.4 Å². The van der Waals surface area contributed by atoms with E-state index in [1.165, 1.54) is 6.07 Å². The van der Waals surface area contributed by atoms with Crippen molar-refractivity contribution < 1.29 is 0 Å². The van der Waals surface area contributed by atoms with Gasteiger partial charge in [0.1, 0.15) is 11.6 Å². The highest BCUT2D eigenvalue weighted by molar-refractivity contribution is 7.99. The molecule has 0 aromatic carbocycles. The van der Waals surface area contributed by atoms with Crippen LogP contribution < -0.4 is 10.9 Å². The van der Waals surface area contributed by atoms with E-state index in [0.29, 0.717) is 11.7 Å². The van der Waals surface area contributed by atoms with Crippen LogP contribution in [0.2, 0.25) is 0 Å². The smallest absolute Gasteiger partial charge is 0.252 e. The van der Waals surface area contributed by atoms with E-state index in [1.54, 1.807) is 11.8 Å². The molecule has 5 heteroatoms. The molecule has 1 fully saturated rings. The van der Waals surface area contributed by atoms with Crippen molar-refractivity contribution in [3.8, 4) is 0 Å². The normalized spacial score (nSPS) is 15.9. The SMILES string of the molecule is CSC(C)(C)CNc1cc(=O)[nH]c(C2CC2)n1. The molecular formula is C12H19N3OS. The number of nitrogens with zero attached hydrogens (tertiary/aromatic N) is 1. The summed E-state index contributed by atoms with van der Waals surface area (Å²) in [6.45, 7) is 5.13. The van der Waals surface area contributed by atoms with E-state index >= 15 is 0 Å². The van der Waals surface area contributed by atoms with E-state index < -0.39 is 0 Å². The second-order valence-corrected chi connectivity index (χ2v) is 6.62. The lowest BCUT2D eigenvalue weighted by Crippen LogP contribution is -2.27. The molecule has 0 unspecified atom stereocenters. The Kier molecular flexibility index (Phi) is 3.47. The highest BCUT2D eigenvalue weighted by Gasteiger charge is 2.26. The second-order valence-electron chi connectivity index (χ2n) is 5.11. The van der Waals surface area contributed by atoms with Crippen molar-refractivity contribution in [1.29, 1.82) is 0 Å². The summed E-state index contributed by atoms with van der Waals surface area (Å²) in [4.78, 5) is 18.8. The summed E-state index contributed by atoms with van der Waals surface area (Å²) < 4.78 is 0.143. The molecule has 0 bridgehead atoms. The first-order valence-electron chi connectivity index (χ1n) is 5.90. The summed E-state index contributed by atoms with van der Waals surface area (Å²) in [5, 5.41) is 3.25. The largest absolute Gasteiger partial charge is 0.368 e. The molecule has 1 saturated carbocycles. The van der Waals surface area contributed by atoms with Gasteiger partial charge in [-0.1, -0.05) is 0 Å². The maximum atomic E-state index is 11.5. The molecule has 1 heterocycles. The molecule has 0 radical (unpaired) electrons. The van der Waals surface area contributed by atoms with Crippen molar-refractivity contribution in [3.05, 3.63) is 22.2 Å². The predicted octanol–water partition coefficient (Wildman–Crippen LogP) is 2.20. The first-order chi connectivity index (χ1) is 8.00. The van der Waals surface area contributed by atoms with Crippen molar-refractivity contribution in [3.63, 3.8) is 0 Å². The summed E-state index contributed by atoms with van der Waals surface area (Å²) in [6, 6.07) is 1.53. The summed E-state index contributed by atoms with van der Waals surface area (Å²) >= 11 is 1.80. The van der Waals surface area contributed by atoms with Gasteiger partial charge >= 0.3 is 0 Å². The molecule has 0 atom stereocenters. The first-order valence-corrected chi connectivity index (χ1v) is 7.13. The topological polar surface area (TPSA) is 57.8 Å². The van der Waals surface area contributed by atoms with Crippen LogP contribution in [0.3, 0.4) is 0 Å². The lowest BCUT2D eigenvalue weighted by Gasteiger charge is -2.22. The Hall–Kier alpha value is -0.970. The molecule has 0 spiro atoms. The van der Waals surface area contributed by atoms with Gasteiger partial charge in [-0.15, -0.1) is 0 Å². The Bertz CT molecular complexity index is 451. The third-order valence-corrected chi connectivity index (χ3v) is 4.22. The van der Waals surface area contributed by atoms with Gasteiger partial charge in [-0.05, 0) is 32.9 Å². The Morgan fingerprint density at radius 3 is 2.88 bits per heavy atom. The number of hydrogen-bond donors (Lipinski definition) is 2. The summed E-state index contributed by atoms with van der Waals surface area (Å²) in [5.41, 5.74) is -0.0636. The maximum absolute atomic E-state index is 11.5. The number of nitrogens with one attached hydrogen (secondary N) is 2. The number of thioether (sulfide) groups is 1. The molecule has 0 aliphatic heterocycles. The monoisotopic (exact) mass is 253 g/mol. The van der Waals surface area contributed by atoms with Crippen LogP contribution >= 0.6 is 11.8 Å². The molecule has 1 aromatic rings. The molecule has 2 N–H and O–H groups in total. The average molecular weight is 253 g/mol. The summed E-state index contributed by atoms with van der Waals surface area (Å²) in [5.74, 6) is 2.00. The molecule has 0 saturated heterocycles. The van der Waals surface area contributed by atoms with E-state index in [9.17, 15) is 4.79 Å². The fraction of sp³-hybridized carbons (Fsp3) is 0.667. The number of aromatic amines is 1. The summed E-state index contributed by atoms with van der Waals surface area (Å²) in [7, 11) is 0. The van der Waals surface area contributed by atoms with Gasteiger partial charge in [0.2, 0.25) is 0 Å². The van der Waals surface area contributed by atoms with Crippen LogP contribution in [-0.2, 0) is 0 Å². The highest BCUT2D eigenvalue weighted by Crippen LogP contribution is 2.37. The van der Waals surface area contributed by atoms with E-state index in [4.69, 9.17) is 0 Å². The highest BCUT2D eigenvalue weighted by atomic mass is 32.2. The molecule has 94 valence electrons. The number of hydrogen-bond acceptors (Lipinski definition) is 4. The number of anilines is 1. The van der Waals surface area contributed by atoms with Crippen LogP contribution in [0.1, 0.15) is 38.4 Å². The van der Waals surface area contributed by atoms with Crippen LogP contribution in [-0.4, -0.2) is 27.5 Å². The van der Waals surface area contributed by atoms with Gasteiger partial charge in [0.15, 0.2) is 0 Å². The van der Waals surface area contributed by atoms with E-state index in [0.717, 1.165) is 25.2 Å². The van der Waals surface area contributed by atoms with Crippen LogP contribution in [0, 0.1) is 0 Å². The first kappa shape index (κ1) is 12.5. The van der Waals surface area contributed by atoms with Gasteiger partial charge in [0.25, 0.3) is 5.56 Å². The van der Waals surface area contributed by atoms with E-state index in [1.807, 2.05) is 0 Å². The minimum absolute atomic E-state index is 0.0636. The number of H-pyrrole nitrogens is 1. The fourth-order valence-corrected chi connectivity index (χ4v) is 1.71. The lowest BCUT2D eigenvalue weighted by atomic mass is 10.2. The van der Waals surface area contributed by atoms with Crippen molar-refractivity contribution >= 4 is 17.6 Å². The summed E-state index contributed by atoms with van der Waals surface area (Å²) in [6.07, 6.45) is 4.37. The zero-order valence-corrected chi connectivity index (χ0v) is 11.4. The molecule has 17 heavy (non-hydrogen) atoms. The van der Waals surface area contributed by atoms with Gasteiger partial charge in [-0.2, -0.15) is 11.8 Å². The Balaban J connectivity index is 2.07. The van der Waals surface area contributed by atoms with Gasteiger partial charge in [-0.3, -0.25) is 4.79 Å². The van der Waals surface area contributed by atoms with E-state index in [-0.39, 0.29) is 10.3 Å². The molecule has 2 rings (SSSR count). The quantitative estimate of drug-likeness (QED) is 0.844. The standard InChI is InChI=1S/C12H19N3OS/c1-12(2,17-3)7-13-9-6-10(16)15-11(14-9)8-4-5-8/h6,8H,4-5,7H2,1-3H3,(H2,13,14,15,16). The number of aromatic nitrogens is 2. The minimum Gasteiger partial charge on any atom is -0.368 e. The van der Waals surface area contributed by atoms with Crippen molar-refractivity contribution in [2.75, 3.05) is 18.1 Å². The van der Waals surface area contributed by atoms with Crippen molar-refractivity contribution in [2.24, 2.45) is 0 Å². The zero-order chi connectivity index (χ0) is 12.5. The minimum atomic E-state index is -0.0636. The second kappa shape index (κ2) is 4.72. The molecule has 4 nitrogen and oxygen atoms in total. The van der Waals surface area contributed by atoms with Crippen LogP contribution in [0.15, 0.2) is 10.9 Å². The van der Waals surface area contributed by atoms with Gasteiger partial charge in [0.05, 0.1) is 0 Å². The molecule has 1 aromatic heterocycles. The predicted molar refractivity (Wildman–Crippen MR) is 72.9 cm³/mol. The van der Waals surface area contributed by atoms with Gasteiger partial charge in [-0.25, -0.2) is 4.98 Å². The average Bonchev–Trinajstić information content (AvgIpc) is 3.10. The lowest BCUT2D eigenvalue weighted by molar-refractivity contribution is 0.747. The Morgan fingerprint density at radius 1 is 1.59 bits per heavy atom. The molecular weight excluding hydrogens is 234 g/mol. The molecule has 1 aliphatic carbocycles. The maximum Gasteiger partial charge on any atom is 0.252 e. The number of rotatable bonds is 5. The van der Waals surface area contributed by atoms with Crippen LogP contribution in [0.25, 0.3) is 0 Å². The van der Waals surface area contributed by atoms with Crippen molar-refractivity contribution in [2.45, 2.75) is 37.4 Å².